The molecule has 0 spiro atoms. The monoisotopic (exact) mass is 192 g/mol. The first-order chi connectivity index (χ1) is 6.45. The second-order valence-corrected chi connectivity index (χ2v) is 3.42. The van der Waals surface area contributed by atoms with E-state index in [4.69, 9.17) is 0 Å². The van der Waals surface area contributed by atoms with Crippen LogP contribution in [0.3, 0.4) is 0 Å². The van der Waals surface area contributed by atoms with Gasteiger partial charge in [-0.15, -0.1) is 0 Å². The third-order valence-corrected chi connectivity index (χ3v) is 2.35. The predicted octanol–water partition coefficient (Wildman–Crippen LogP) is 1.86. The lowest BCUT2D eigenvalue weighted by Crippen LogP contribution is -1.91. The highest BCUT2D eigenvalue weighted by Gasteiger charge is 1.97. The number of H-pyrrole nitrogens is 1. The molecule has 0 aliphatic heterocycles. The van der Waals surface area contributed by atoms with E-state index in [1.54, 1.807) is 0 Å². The fourth-order valence-corrected chi connectivity index (χ4v) is 1.66. The van der Waals surface area contributed by atoms with Gasteiger partial charge in [0.05, 0.1) is 11.4 Å². The van der Waals surface area contributed by atoms with Crippen LogP contribution in [0, 0.1) is 6.42 Å². The van der Waals surface area contributed by atoms with Crippen LogP contribution in [0.2, 0.25) is 0 Å². The molecule has 0 aliphatic rings. The summed E-state index contributed by atoms with van der Waals surface area (Å²) >= 11 is 1.50. The van der Waals surface area contributed by atoms with E-state index < -0.39 is 0 Å². The molecule has 2 heterocycles. The van der Waals surface area contributed by atoms with E-state index in [9.17, 15) is 0 Å². The van der Waals surface area contributed by atoms with Crippen molar-refractivity contribution in [1.82, 2.24) is 14.6 Å². The van der Waals surface area contributed by atoms with Gasteiger partial charge in [-0.3, -0.25) is 5.10 Å². The van der Waals surface area contributed by atoms with Gasteiger partial charge in [0, 0.05) is 11.6 Å². The first-order valence-corrected chi connectivity index (χ1v) is 4.98. The fourth-order valence-electron chi connectivity index (χ4n) is 1.12. The smallest absolute Gasteiger partial charge is 0.0625 e. The highest BCUT2D eigenvalue weighted by atomic mass is 32.1. The van der Waals surface area contributed by atoms with Gasteiger partial charge in [0.1, 0.15) is 0 Å². The molecule has 0 fully saturated rings. The highest BCUT2D eigenvalue weighted by molar-refractivity contribution is 7.03. The molecule has 2 rings (SSSR count). The molecule has 0 saturated carbocycles. The van der Waals surface area contributed by atoms with E-state index in [1.165, 1.54) is 11.5 Å². The molecule has 0 saturated heterocycles. The maximum absolute atomic E-state index is 4.22. The van der Waals surface area contributed by atoms with Crippen LogP contribution in [0.5, 0.6) is 0 Å². The third-order valence-electron chi connectivity index (χ3n) is 1.76. The Morgan fingerprint density at radius 2 is 2.23 bits per heavy atom. The minimum absolute atomic E-state index is 0.904. The summed E-state index contributed by atoms with van der Waals surface area (Å²) in [5.74, 6) is 0. The zero-order chi connectivity index (χ0) is 8.93. The molecule has 1 radical (unpaired) electrons. The van der Waals surface area contributed by atoms with Gasteiger partial charge in [0.2, 0.25) is 0 Å². The maximum Gasteiger partial charge on any atom is 0.0625 e. The minimum Gasteiger partial charge on any atom is -0.285 e. The van der Waals surface area contributed by atoms with Crippen molar-refractivity contribution >= 4 is 11.5 Å². The molecule has 2 aromatic heterocycles. The molecule has 0 unspecified atom stereocenters. The lowest BCUT2D eigenvalue weighted by Gasteiger charge is -1.93. The van der Waals surface area contributed by atoms with Crippen molar-refractivity contribution < 1.29 is 0 Å². The van der Waals surface area contributed by atoms with Crippen molar-refractivity contribution in [3.8, 4) is 0 Å². The molecule has 0 aromatic carbocycles. The number of nitrogens with zero attached hydrogens (tertiary/aromatic N) is 2. The van der Waals surface area contributed by atoms with Crippen molar-refractivity contribution in [3.05, 3.63) is 41.5 Å². The van der Waals surface area contributed by atoms with Crippen molar-refractivity contribution in [1.29, 1.82) is 0 Å². The Hall–Kier alpha value is -1.16. The van der Waals surface area contributed by atoms with Gasteiger partial charge in [0.15, 0.2) is 0 Å². The van der Waals surface area contributed by atoms with Crippen LogP contribution in [-0.2, 0) is 12.8 Å². The summed E-state index contributed by atoms with van der Waals surface area (Å²) in [6.45, 7) is 0. The molecule has 2 aromatic rings. The molecule has 13 heavy (non-hydrogen) atoms. The standard InChI is InChI=1S/C9H10N3S/c1(2-8-4-6-10-11-8)3-9-5-7-13-12-9/h1,4-7H,2-3H2,(H,10,11). The van der Waals surface area contributed by atoms with Crippen LogP contribution in [0.4, 0.5) is 0 Å². The quantitative estimate of drug-likeness (QED) is 0.803. The molecule has 1 N–H and O–H groups in total. The van der Waals surface area contributed by atoms with Crippen LogP contribution < -0.4 is 0 Å². The number of hydrogen-bond donors (Lipinski definition) is 1. The molecular formula is C9H10N3S. The lowest BCUT2D eigenvalue weighted by molar-refractivity contribution is 0.938. The second-order valence-electron chi connectivity index (χ2n) is 2.75. The second kappa shape index (κ2) is 4.18. The molecule has 3 nitrogen and oxygen atoms in total. The van der Waals surface area contributed by atoms with Crippen LogP contribution in [0.25, 0.3) is 0 Å². The Morgan fingerprint density at radius 3 is 2.92 bits per heavy atom. The van der Waals surface area contributed by atoms with E-state index in [2.05, 4.69) is 21.0 Å². The van der Waals surface area contributed by atoms with E-state index in [-0.39, 0.29) is 0 Å². The molecule has 0 aliphatic carbocycles. The summed E-state index contributed by atoms with van der Waals surface area (Å²) < 4.78 is 4.22. The third kappa shape index (κ3) is 2.39. The molecular weight excluding hydrogens is 182 g/mol. The van der Waals surface area contributed by atoms with Crippen LogP contribution in [0.15, 0.2) is 23.7 Å². The molecule has 0 atom stereocenters. The summed E-state index contributed by atoms with van der Waals surface area (Å²) in [5, 5.41) is 8.85. The summed E-state index contributed by atoms with van der Waals surface area (Å²) in [5.41, 5.74) is 2.22. The van der Waals surface area contributed by atoms with Gasteiger partial charge in [-0.25, -0.2) is 0 Å². The van der Waals surface area contributed by atoms with Gasteiger partial charge in [-0.05, 0) is 42.9 Å². The largest absolute Gasteiger partial charge is 0.285 e. The number of aromatic nitrogens is 3. The number of hydrogen-bond acceptors (Lipinski definition) is 3. The van der Waals surface area contributed by atoms with Crippen LogP contribution in [0.1, 0.15) is 11.4 Å². The zero-order valence-corrected chi connectivity index (χ0v) is 7.92. The Morgan fingerprint density at radius 1 is 1.31 bits per heavy atom. The topological polar surface area (TPSA) is 41.6 Å². The van der Waals surface area contributed by atoms with E-state index in [0.29, 0.717) is 0 Å². The summed E-state index contributed by atoms with van der Waals surface area (Å²) in [4.78, 5) is 0. The van der Waals surface area contributed by atoms with Crippen molar-refractivity contribution in [3.63, 3.8) is 0 Å². The van der Waals surface area contributed by atoms with E-state index in [1.807, 2.05) is 23.7 Å². The highest BCUT2D eigenvalue weighted by Crippen LogP contribution is 2.05. The van der Waals surface area contributed by atoms with Crippen molar-refractivity contribution in [2.75, 3.05) is 0 Å². The number of nitrogens with one attached hydrogen (secondary N) is 1. The Kier molecular flexibility index (Phi) is 2.72. The van der Waals surface area contributed by atoms with Gasteiger partial charge < -0.3 is 0 Å². The number of rotatable bonds is 4. The Labute approximate surface area is 81.0 Å². The van der Waals surface area contributed by atoms with Gasteiger partial charge >= 0.3 is 0 Å². The molecule has 67 valence electrons. The SMILES string of the molecule is [CH](Cc1cc[nH]n1)Cc1ccsn1. The summed E-state index contributed by atoms with van der Waals surface area (Å²) in [6, 6.07) is 4.03. The van der Waals surface area contributed by atoms with Gasteiger partial charge in [0.25, 0.3) is 0 Å². The first kappa shape index (κ1) is 8.44. The van der Waals surface area contributed by atoms with E-state index >= 15 is 0 Å². The molecule has 0 bridgehead atoms. The van der Waals surface area contributed by atoms with Crippen LogP contribution in [-0.4, -0.2) is 14.6 Å². The number of aromatic amines is 1. The summed E-state index contributed by atoms with van der Waals surface area (Å²) in [6.07, 6.45) is 5.86. The van der Waals surface area contributed by atoms with Gasteiger partial charge in [-0.1, -0.05) is 0 Å². The van der Waals surface area contributed by atoms with Crippen LogP contribution >= 0.6 is 11.5 Å². The van der Waals surface area contributed by atoms with Crippen molar-refractivity contribution in [2.45, 2.75) is 12.8 Å². The first-order valence-electron chi connectivity index (χ1n) is 4.15. The molecule has 0 amide bonds. The van der Waals surface area contributed by atoms with E-state index in [0.717, 1.165) is 24.2 Å². The fraction of sp³-hybridized carbons (Fsp3) is 0.222. The Balaban J connectivity index is 1.76. The average Bonchev–Trinajstić information content (AvgIpc) is 2.75. The Bertz CT molecular complexity index is 291. The summed E-state index contributed by atoms with van der Waals surface area (Å²) in [7, 11) is 0. The molecule has 4 heteroatoms. The minimum atomic E-state index is 0.904. The normalized spacial score (nSPS) is 10.5. The lowest BCUT2D eigenvalue weighted by atomic mass is 10.1. The van der Waals surface area contributed by atoms with Gasteiger partial charge in [-0.2, -0.15) is 9.47 Å². The van der Waals surface area contributed by atoms with Crippen molar-refractivity contribution in [2.24, 2.45) is 0 Å². The maximum atomic E-state index is 4.22. The zero-order valence-electron chi connectivity index (χ0n) is 7.10. The average molecular weight is 192 g/mol. The predicted molar refractivity (Wildman–Crippen MR) is 52.4 cm³/mol.